The summed E-state index contributed by atoms with van der Waals surface area (Å²) in [5.41, 5.74) is 3.90. The van der Waals surface area contributed by atoms with Gasteiger partial charge in [0.1, 0.15) is 0 Å². The number of hydrogen-bond donors (Lipinski definition) is 0. The average Bonchev–Trinajstić information content (AvgIpc) is 2.37. The van der Waals surface area contributed by atoms with E-state index in [2.05, 4.69) is 44.2 Å². The van der Waals surface area contributed by atoms with Crippen molar-refractivity contribution in [1.82, 2.24) is 0 Å². The molecule has 0 N–H and O–H groups in total. The third-order valence-corrected chi connectivity index (χ3v) is 2.83. The van der Waals surface area contributed by atoms with E-state index >= 15 is 0 Å². The highest BCUT2D eigenvalue weighted by Gasteiger charge is 2.01. The van der Waals surface area contributed by atoms with E-state index in [1.165, 1.54) is 27.5 Å². The molecule has 0 atom stereocenters. The van der Waals surface area contributed by atoms with Gasteiger partial charge in [0.2, 0.25) is 0 Å². The maximum atomic E-state index is 5.15. The smallest absolute Gasteiger partial charge is 0.0713 e. The van der Waals surface area contributed by atoms with Crippen LogP contribution in [0.2, 0.25) is 0 Å². The molecule has 1 heteroatoms. The summed E-state index contributed by atoms with van der Waals surface area (Å²) in [4.78, 5) is 0. The van der Waals surface area contributed by atoms with Crippen LogP contribution in [0.1, 0.15) is 30.5 Å². The Morgan fingerprint density at radius 1 is 0.882 bits per heavy atom. The molecule has 1 nitrogen and oxygen atoms in total. The van der Waals surface area contributed by atoms with Gasteiger partial charge in [0.15, 0.2) is 0 Å². The molecule has 0 aliphatic rings. The maximum Gasteiger partial charge on any atom is 0.0713 e. The van der Waals surface area contributed by atoms with E-state index in [1.54, 1.807) is 7.11 Å². The molecule has 0 saturated carbocycles. The molecule has 0 saturated heterocycles. The summed E-state index contributed by atoms with van der Waals surface area (Å²) >= 11 is 0. The number of benzene rings is 2. The van der Waals surface area contributed by atoms with E-state index in [0.717, 1.165) is 0 Å². The summed E-state index contributed by atoms with van der Waals surface area (Å²) in [5.74, 6) is 0. The summed E-state index contributed by atoms with van der Waals surface area (Å²) in [6.07, 6.45) is 0. The molecule has 0 unspecified atom stereocenters. The molecule has 92 valence electrons. The summed E-state index contributed by atoms with van der Waals surface area (Å²) in [5, 5.41) is 2.68. The molecule has 17 heavy (non-hydrogen) atoms. The Hall–Kier alpha value is -1.34. The predicted molar refractivity (Wildman–Crippen MR) is 75.5 cm³/mol. The number of hydrogen-bond acceptors (Lipinski definition) is 1. The number of aryl methyl sites for hydroxylation is 2. The maximum absolute atomic E-state index is 5.15. The molecule has 0 radical (unpaired) electrons. The topological polar surface area (TPSA) is 9.23 Å². The Morgan fingerprint density at radius 2 is 1.47 bits per heavy atom. The molecule has 2 rings (SSSR count). The van der Waals surface area contributed by atoms with Crippen molar-refractivity contribution in [1.29, 1.82) is 0 Å². The number of rotatable bonds is 2. The molecule has 0 aliphatic heterocycles. The van der Waals surface area contributed by atoms with Crippen LogP contribution < -0.4 is 0 Å². The Labute approximate surface area is 104 Å². The van der Waals surface area contributed by atoms with Gasteiger partial charge in [-0.05, 0) is 47.4 Å². The van der Waals surface area contributed by atoms with Crippen LogP contribution >= 0.6 is 0 Å². The minimum atomic E-state index is 0.684. The van der Waals surface area contributed by atoms with Gasteiger partial charge in [-0.1, -0.05) is 38.1 Å². The lowest BCUT2D eigenvalue weighted by Gasteiger charge is -2.07. The SMILES string of the molecule is CC.COCc1ccc2c(C)ccc(C)c2c1. The van der Waals surface area contributed by atoms with E-state index in [9.17, 15) is 0 Å². The van der Waals surface area contributed by atoms with Crippen LogP contribution in [-0.4, -0.2) is 7.11 Å². The van der Waals surface area contributed by atoms with E-state index in [0.29, 0.717) is 6.61 Å². The highest BCUT2D eigenvalue weighted by Crippen LogP contribution is 2.23. The van der Waals surface area contributed by atoms with Gasteiger partial charge < -0.3 is 4.74 Å². The monoisotopic (exact) mass is 230 g/mol. The fraction of sp³-hybridized carbons (Fsp3) is 0.375. The fourth-order valence-corrected chi connectivity index (χ4v) is 1.95. The van der Waals surface area contributed by atoms with Crippen molar-refractivity contribution in [3.63, 3.8) is 0 Å². The molecular formula is C16H22O. The number of methoxy groups -OCH3 is 1. The fourth-order valence-electron chi connectivity index (χ4n) is 1.95. The number of fused-ring (bicyclic) bond motifs is 1. The van der Waals surface area contributed by atoms with Gasteiger partial charge in [0, 0.05) is 7.11 Å². The summed E-state index contributed by atoms with van der Waals surface area (Å²) < 4.78 is 5.15. The van der Waals surface area contributed by atoms with Gasteiger partial charge in [0.05, 0.1) is 6.61 Å². The first kappa shape index (κ1) is 13.7. The van der Waals surface area contributed by atoms with Gasteiger partial charge in [0.25, 0.3) is 0 Å². The molecule has 2 aromatic carbocycles. The average molecular weight is 230 g/mol. The van der Waals surface area contributed by atoms with Gasteiger partial charge in [-0.15, -0.1) is 0 Å². The van der Waals surface area contributed by atoms with Gasteiger partial charge in [-0.3, -0.25) is 0 Å². The van der Waals surface area contributed by atoms with Crippen molar-refractivity contribution >= 4 is 10.8 Å². The molecule has 0 fully saturated rings. The van der Waals surface area contributed by atoms with E-state index in [-0.39, 0.29) is 0 Å². The second kappa shape index (κ2) is 6.41. The van der Waals surface area contributed by atoms with Crippen LogP contribution in [0.5, 0.6) is 0 Å². The standard InChI is InChI=1S/C14H16O.C2H6/c1-10-4-5-11(2)14-8-12(9-15-3)6-7-13(10)14;1-2/h4-8H,9H2,1-3H3;1-2H3. The van der Waals surface area contributed by atoms with Gasteiger partial charge >= 0.3 is 0 Å². The predicted octanol–water partition coefficient (Wildman–Crippen LogP) is 4.63. The molecule has 0 bridgehead atoms. The first-order valence-corrected chi connectivity index (χ1v) is 6.20. The highest BCUT2D eigenvalue weighted by atomic mass is 16.5. The molecular weight excluding hydrogens is 208 g/mol. The summed E-state index contributed by atoms with van der Waals surface area (Å²) in [7, 11) is 1.73. The van der Waals surface area contributed by atoms with Crippen molar-refractivity contribution in [2.45, 2.75) is 34.3 Å². The first-order chi connectivity index (χ1) is 8.22. The second-order valence-electron chi connectivity index (χ2n) is 4.01. The number of ether oxygens (including phenoxy) is 1. The van der Waals surface area contributed by atoms with E-state index in [1.807, 2.05) is 13.8 Å². The summed E-state index contributed by atoms with van der Waals surface area (Å²) in [6.45, 7) is 8.99. The Kier molecular flexibility index (Phi) is 5.17. The van der Waals surface area contributed by atoms with Crippen molar-refractivity contribution in [2.75, 3.05) is 7.11 Å². The van der Waals surface area contributed by atoms with Crippen LogP contribution in [0.4, 0.5) is 0 Å². The van der Waals surface area contributed by atoms with Gasteiger partial charge in [-0.2, -0.15) is 0 Å². The lowest BCUT2D eigenvalue weighted by atomic mass is 9.99. The van der Waals surface area contributed by atoms with Crippen molar-refractivity contribution < 1.29 is 4.74 Å². The molecule has 2 aromatic rings. The van der Waals surface area contributed by atoms with E-state index in [4.69, 9.17) is 4.74 Å². The van der Waals surface area contributed by atoms with Crippen LogP contribution in [-0.2, 0) is 11.3 Å². The minimum Gasteiger partial charge on any atom is -0.380 e. The quantitative estimate of drug-likeness (QED) is 0.731. The second-order valence-corrected chi connectivity index (χ2v) is 4.01. The lowest BCUT2D eigenvalue weighted by Crippen LogP contribution is -1.89. The zero-order chi connectivity index (χ0) is 12.8. The Morgan fingerprint density at radius 3 is 2.06 bits per heavy atom. The van der Waals surface area contributed by atoms with Gasteiger partial charge in [-0.25, -0.2) is 0 Å². The zero-order valence-electron chi connectivity index (χ0n) is 11.5. The normalized spacial score (nSPS) is 9.94. The van der Waals surface area contributed by atoms with Crippen LogP contribution in [0.15, 0.2) is 30.3 Å². The zero-order valence-corrected chi connectivity index (χ0v) is 11.5. The lowest BCUT2D eigenvalue weighted by molar-refractivity contribution is 0.185. The van der Waals surface area contributed by atoms with Crippen molar-refractivity contribution in [3.8, 4) is 0 Å². The molecule has 0 aliphatic carbocycles. The molecule has 0 spiro atoms. The first-order valence-electron chi connectivity index (χ1n) is 6.20. The largest absolute Gasteiger partial charge is 0.380 e. The highest BCUT2D eigenvalue weighted by molar-refractivity contribution is 5.88. The summed E-state index contributed by atoms with van der Waals surface area (Å²) in [6, 6.07) is 10.9. The van der Waals surface area contributed by atoms with Crippen molar-refractivity contribution in [2.24, 2.45) is 0 Å². The van der Waals surface area contributed by atoms with Crippen LogP contribution in [0, 0.1) is 13.8 Å². The Balaban J connectivity index is 0.000000686. The molecule has 0 heterocycles. The molecule has 0 aromatic heterocycles. The van der Waals surface area contributed by atoms with Crippen molar-refractivity contribution in [3.05, 3.63) is 47.0 Å². The van der Waals surface area contributed by atoms with E-state index < -0.39 is 0 Å². The minimum absolute atomic E-state index is 0.684. The third kappa shape index (κ3) is 3.07. The third-order valence-electron chi connectivity index (χ3n) is 2.83. The Bertz CT molecular complexity index is 486. The van der Waals surface area contributed by atoms with Crippen LogP contribution in [0.25, 0.3) is 10.8 Å². The van der Waals surface area contributed by atoms with Crippen LogP contribution in [0.3, 0.4) is 0 Å². The molecule has 0 amide bonds.